The van der Waals surface area contributed by atoms with Gasteiger partial charge >= 0.3 is 0 Å². The van der Waals surface area contributed by atoms with Gasteiger partial charge in [-0.15, -0.1) is 0 Å². The molecule has 0 aromatic heterocycles. The smallest absolute Gasteiger partial charge is 0.171 e. The van der Waals surface area contributed by atoms with Crippen LogP contribution in [0.1, 0.15) is 17.2 Å². The van der Waals surface area contributed by atoms with Gasteiger partial charge in [-0.2, -0.15) is 0 Å². The third-order valence-electron chi connectivity index (χ3n) is 3.48. The van der Waals surface area contributed by atoms with Crippen molar-refractivity contribution in [1.29, 1.82) is 0 Å². The molecule has 0 heterocycles. The van der Waals surface area contributed by atoms with Crippen LogP contribution in [0.25, 0.3) is 0 Å². The van der Waals surface area contributed by atoms with Crippen LogP contribution in [-0.4, -0.2) is 30.7 Å². The molecule has 0 saturated carbocycles. The second-order valence-electron chi connectivity index (χ2n) is 5.79. The zero-order valence-electron chi connectivity index (χ0n) is 13.6. The normalized spacial score (nSPS) is 12.0. The van der Waals surface area contributed by atoms with Crippen molar-refractivity contribution < 1.29 is 0 Å². The van der Waals surface area contributed by atoms with Crippen LogP contribution < -0.4 is 10.6 Å². The predicted molar refractivity (Wildman–Crippen MR) is 103 cm³/mol. The first-order chi connectivity index (χ1) is 11.0. The Balaban J connectivity index is 2.06. The molecule has 2 rings (SSSR count). The molecule has 0 fully saturated rings. The lowest BCUT2D eigenvalue weighted by molar-refractivity contribution is 0.363. The standard InChI is InChI=1S/C18H22ClN3S/c1-13-9-10-15(11-16(13)19)20-18(23)21-17(12-22(2)3)14-7-5-4-6-8-14/h4-11,17H,12H2,1-3H3,(H2,20,21,23)/t17-/m0/s1. The Morgan fingerprint density at radius 3 is 2.48 bits per heavy atom. The van der Waals surface area contributed by atoms with E-state index < -0.39 is 0 Å². The molecule has 3 nitrogen and oxygen atoms in total. The minimum Gasteiger partial charge on any atom is -0.354 e. The van der Waals surface area contributed by atoms with Crippen molar-refractivity contribution in [2.24, 2.45) is 0 Å². The van der Waals surface area contributed by atoms with Crippen molar-refractivity contribution in [3.63, 3.8) is 0 Å². The summed E-state index contributed by atoms with van der Waals surface area (Å²) in [5.74, 6) is 0. The fourth-order valence-corrected chi connectivity index (χ4v) is 2.72. The highest BCUT2D eigenvalue weighted by Gasteiger charge is 2.13. The summed E-state index contributed by atoms with van der Waals surface area (Å²) >= 11 is 11.6. The van der Waals surface area contributed by atoms with Gasteiger partial charge in [0.1, 0.15) is 0 Å². The maximum absolute atomic E-state index is 6.16. The van der Waals surface area contributed by atoms with E-state index in [1.54, 1.807) is 0 Å². The average molecular weight is 348 g/mol. The largest absolute Gasteiger partial charge is 0.354 e. The molecule has 2 N–H and O–H groups in total. The van der Waals surface area contributed by atoms with E-state index in [4.69, 9.17) is 23.8 Å². The maximum Gasteiger partial charge on any atom is 0.171 e. The van der Waals surface area contributed by atoms with Crippen molar-refractivity contribution in [3.05, 3.63) is 64.7 Å². The molecule has 5 heteroatoms. The molecule has 0 amide bonds. The molecule has 0 spiro atoms. The van der Waals surface area contributed by atoms with E-state index in [-0.39, 0.29) is 6.04 Å². The molecule has 2 aromatic rings. The molecular formula is C18H22ClN3S. The van der Waals surface area contributed by atoms with Gasteiger partial charge in [0.15, 0.2) is 5.11 Å². The van der Waals surface area contributed by atoms with Crippen LogP contribution in [0, 0.1) is 6.92 Å². The number of rotatable bonds is 5. The van der Waals surface area contributed by atoms with E-state index in [1.165, 1.54) is 5.56 Å². The first-order valence-electron chi connectivity index (χ1n) is 7.49. The average Bonchev–Trinajstić information content (AvgIpc) is 2.51. The number of benzene rings is 2. The number of anilines is 1. The Hall–Kier alpha value is -1.62. The molecule has 0 bridgehead atoms. The zero-order valence-corrected chi connectivity index (χ0v) is 15.2. The van der Waals surface area contributed by atoms with Gasteiger partial charge in [0.25, 0.3) is 0 Å². The summed E-state index contributed by atoms with van der Waals surface area (Å²) in [5, 5.41) is 7.89. The minimum absolute atomic E-state index is 0.118. The number of hydrogen-bond acceptors (Lipinski definition) is 2. The Kier molecular flexibility index (Phi) is 6.39. The van der Waals surface area contributed by atoms with Crippen LogP contribution >= 0.6 is 23.8 Å². The van der Waals surface area contributed by atoms with Gasteiger partial charge in [0.2, 0.25) is 0 Å². The molecule has 0 saturated heterocycles. The second-order valence-corrected chi connectivity index (χ2v) is 6.60. The molecule has 2 aromatic carbocycles. The van der Waals surface area contributed by atoms with Gasteiger partial charge in [-0.05, 0) is 56.5 Å². The number of aryl methyl sites for hydroxylation is 1. The van der Waals surface area contributed by atoms with E-state index in [2.05, 4.69) is 27.7 Å². The Labute approximate surface area is 148 Å². The number of likely N-dealkylation sites (N-methyl/N-ethyl adjacent to an activating group) is 1. The Bertz CT molecular complexity index is 659. The van der Waals surface area contributed by atoms with Gasteiger partial charge in [0.05, 0.1) is 6.04 Å². The van der Waals surface area contributed by atoms with Crippen LogP contribution in [-0.2, 0) is 0 Å². The molecule has 0 aliphatic heterocycles. The highest BCUT2D eigenvalue weighted by Crippen LogP contribution is 2.20. The summed E-state index contributed by atoms with van der Waals surface area (Å²) in [4.78, 5) is 2.13. The summed E-state index contributed by atoms with van der Waals surface area (Å²) in [7, 11) is 4.10. The molecule has 23 heavy (non-hydrogen) atoms. The predicted octanol–water partition coefficient (Wildman–Crippen LogP) is 4.24. The van der Waals surface area contributed by atoms with Crippen LogP contribution in [0.4, 0.5) is 5.69 Å². The fourth-order valence-electron chi connectivity index (χ4n) is 2.28. The van der Waals surface area contributed by atoms with E-state index in [0.29, 0.717) is 5.11 Å². The summed E-state index contributed by atoms with van der Waals surface area (Å²) in [6.07, 6.45) is 0. The number of hydrogen-bond donors (Lipinski definition) is 2. The number of nitrogens with zero attached hydrogens (tertiary/aromatic N) is 1. The first kappa shape index (κ1) is 17.7. The SMILES string of the molecule is Cc1ccc(NC(=S)N[C@@H](CN(C)C)c2ccccc2)cc1Cl. The van der Waals surface area contributed by atoms with E-state index in [1.807, 2.05) is 57.4 Å². The van der Waals surface area contributed by atoms with Crippen LogP contribution in [0.3, 0.4) is 0 Å². The number of thiocarbonyl (C=S) groups is 1. The highest BCUT2D eigenvalue weighted by atomic mass is 35.5. The van der Waals surface area contributed by atoms with Gasteiger partial charge in [-0.1, -0.05) is 48.0 Å². The highest BCUT2D eigenvalue weighted by molar-refractivity contribution is 7.80. The summed E-state index contributed by atoms with van der Waals surface area (Å²) in [6.45, 7) is 2.83. The third kappa shape index (κ3) is 5.50. The molecule has 0 aliphatic carbocycles. The topological polar surface area (TPSA) is 27.3 Å². The van der Waals surface area contributed by atoms with Crippen LogP contribution in [0.15, 0.2) is 48.5 Å². The van der Waals surface area contributed by atoms with Gasteiger partial charge in [0, 0.05) is 17.3 Å². The fraction of sp³-hybridized carbons (Fsp3) is 0.278. The van der Waals surface area contributed by atoms with E-state index in [9.17, 15) is 0 Å². The maximum atomic E-state index is 6.16. The van der Waals surface area contributed by atoms with Gasteiger partial charge in [-0.25, -0.2) is 0 Å². The lowest BCUT2D eigenvalue weighted by Crippen LogP contribution is -2.37. The number of nitrogens with one attached hydrogen (secondary N) is 2. The van der Waals surface area contributed by atoms with Gasteiger partial charge < -0.3 is 15.5 Å². The summed E-state index contributed by atoms with van der Waals surface area (Å²) < 4.78 is 0. The van der Waals surface area contributed by atoms with Crippen molar-refractivity contribution >= 4 is 34.6 Å². The van der Waals surface area contributed by atoms with Crippen molar-refractivity contribution in [1.82, 2.24) is 10.2 Å². The van der Waals surface area contributed by atoms with Crippen LogP contribution in [0.2, 0.25) is 5.02 Å². The summed E-state index contributed by atoms with van der Waals surface area (Å²) in [5.41, 5.74) is 3.13. The van der Waals surface area contributed by atoms with E-state index in [0.717, 1.165) is 22.8 Å². The lowest BCUT2D eigenvalue weighted by atomic mass is 10.1. The molecular weight excluding hydrogens is 326 g/mol. The molecule has 0 aliphatic rings. The molecule has 0 radical (unpaired) electrons. The first-order valence-corrected chi connectivity index (χ1v) is 8.27. The Morgan fingerprint density at radius 1 is 1.17 bits per heavy atom. The Morgan fingerprint density at radius 2 is 1.87 bits per heavy atom. The summed E-state index contributed by atoms with van der Waals surface area (Å²) in [6, 6.07) is 16.2. The second kappa shape index (κ2) is 8.29. The molecule has 122 valence electrons. The monoisotopic (exact) mass is 347 g/mol. The third-order valence-corrected chi connectivity index (χ3v) is 4.11. The quantitative estimate of drug-likeness (QED) is 0.791. The van der Waals surface area contributed by atoms with Crippen molar-refractivity contribution in [3.8, 4) is 0 Å². The minimum atomic E-state index is 0.118. The van der Waals surface area contributed by atoms with Crippen LogP contribution in [0.5, 0.6) is 0 Å². The van der Waals surface area contributed by atoms with Gasteiger partial charge in [-0.3, -0.25) is 0 Å². The molecule has 0 unspecified atom stereocenters. The van der Waals surface area contributed by atoms with Crippen molar-refractivity contribution in [2.75, 3.05) is 26.0 Å². The number of halogens is 1. The van der Waals surface area contributed by atoms with E-state index >= 15 is 0 Å². The zero-order chi connectivity index (χ0) is 16.8. The van der Waals surface area contributed by atoms with Crippen molar-refractivity contribution in [2.45, 2.75) is 13.0 Å². The lowest BCUT2D eigenvalue weighted by Gasteiger charge is -2.24. The molecule has 1 atom stereocenters.